The van der Waals surface area contributed by atoms with Crippen LogP contribution in [0.4, 0.5) is 10.2 Å². The van der Waals surface area contributed by atoms with Crippen LogP contribution in [0, 0.1) is 5.82 Å². The predicted molar refractivity (Wildman–Crippen MR) is 96.3 cm³/mol. The molecule has 0 radical (unpaired) electrons. The number of nitrogens with zero attached hydrogens (tertiary/aromatic N) is 3. The van der Waals surface area contributed by atoms with E-state index < -0.39 is 11.9 Å². The SMILES string of the molecule is Oc1cccc(F)c1-c1nnc(N[C@H]2CCCC[C@@H]2O)c2cnccc12. The van der Waals surface area contributed by atoms with Crippen molar-refractivity contribution in [1.82, 2.24) is 15.2 Å². The zero-order valence-corrected chi connectivity index (χ0v) is 14.1. The van der Waals surface area contributed by atoms with Crippen molar-refractivity contribution in [3.05, 3.63) is 42.5 Å². The Morgan fingerprint density at radius 3 is 2.73 bits per heavy atom. The molecule has 3 N–H and O–H groups in total. The number of phenols is 1. The molecule has 26 heavy (non-hydrogen) atoms. The predicted octanol–water partition coefficient (Wildman–Crippen LogP) is 3.25. The molecule has 0 spiro atoms. The van der Waals surface area contributed by atoms with Gasteiger partial charge in [-0.25, -0.2) is 4.39 Å². The molecule has 0 amide bonds. The normalized spacial score (nSPS) is 20.2. The van der Waals surface area contributed by atoms with E-state index >= 15 is 0 Å². The van der Waals surface area contributed by atoms with E-state index in [9.17, 15) is 14.6 Å². The van der Waals surface area contributed by atoms with E-state index in [1.807, 2.05) is 0 Å². The van der Waals surface area contributed by atoms with E-state index in [2.05, 4.69) is 20.5 Å². The molecule has 1 saturated carbocycles. The lowest BCUT2D eigenvalue weighted by Gasteiger charge is -2.29. The summed E-state index contributed by atoms with van der Waals surface area (Å²) < 4.78 is 14.3. The van der Waals surface area contributed by atoms with Gasteiger partial charge in [-0.1, -0.05) is 18.9 Å². The van der Waals surface area contributed by atoms with E-state index in [0.29, 0.717) is 16.6 Å². The van der Waals surface area contributed by atoms with Crippen LogP contribution >= 0.6 is 0 Å². The van der Waals surface area contributed by atoms with Gasteiger partial charge in [0.25, 0.3) is 0 Å². The van der Waals surface area contributed by atoms with Crippen LogP contribution in [-0.4, -0.2) is 37.5 Å². The van der Waals surface area contributed by atoms with Gasteiger partial charge in [-0.2, -0.15) is 0 Å². The van der Waals surface area contributed by atoms with Crippen molar-refractivity contribution in [1.29, 1.82) is 0 Å². The highest BCUT2D eigenvalue weighted by atomic mass is 19.1. The maximum Gasteiger partial charge on any atom is 0.158 e. The number of phenolic OH excluding ortho intramolecular Hbond substituents is 1. The van der Waals surface area contributed by atoms with Crippen molar-refractivity contribution in [3.8, 4) is 17.0 Å². The van der Waals surface area contributed by atoms with Gasteiger partial charge >= 0.3 is 0 Å². The number of halogens is 1. The van der Waals surface area contributed by atoms with Gasteiger partial charge in [0.1, 0.15) is 17.3 Å². The molecule has 2 aromatic heterocycles. The Kier molecular flexibility index (Phi) is 4.38. The molecule has 2 heterocycles. The first kappa shape index (κ1) is 16.7. The van der Waals surface area contributed by atoms with Crippen molar-refractivity contribution < 1.29 is 14.6 Å². The molecule has 0 saturated heterocycles. The summed E-state index contributed by atoms with van der Waals surface area (Å²) in [6, 6.07) is 5.74. The molecule has 3 aromatic rings. The number of anilines is 1. The van der Waals surface area contributed by atoms with E-state index in [1.54, 1.807) is 18.5 Å². The monoisotopic (exact) mass is 354 g/mol. The summed E-state index contributed by atoms with van der Waals surface area (Å²) in [4.78, 5) is 4.14. The Morgan fingerprint density at radius 2 is 1.92 bits per heavy atom. The zero-order chi connectivity index (χ0) is 18.1. The van der Waals surface area contributed by atoms with Crippen molar-refractivity contribution in [2.24, 2.45) is 0 Å². The Hall–Kier alpha value is -2.80. The summed E-state index contributed by atoms with van der Waals surface area (Å²) in [6.07, 6.45) is 6.43. The Bertz CT molecular complexity index is 930. The number of nitrogens with one attached hydrogen (secondary N) is 1. The maximum absolute atomic E-state index is 14.3. The molecule has 1 fully saturated rings. The van der Waals surface area contributed by atoms with E-state index in [1.165, 1.54) is 18.2 Å². The largest absolute Gasteiger partial charge is 0.507 e. The zero-order valence-electron chi connectivity index (χ0n) is 14.1. The number of aliphatic hydroxyl groups excluding tert-OH is 1. The van der Waals surface area contributed by atoms with Crippen LogP contribution in [0.2, 0.25) is 0 Å². The molecule has 1 aliphatic carbocycles. The van der Waals surface area contributed by atoms with Crippen LogP contribution in [0.5, 0.6) is 5.75 Å². The highest BCUT2D eigenvalue weighted by Crippen LogP contribution is 2.36. The molecule has 1 aliphatic rings. The van der Waals surface area contributed by atoms with Crippen LogP contribution in [0.15, 0.2) is 36.7 Å². The molecule has 2 atom stereocenters. The van der Waals surface area contributed by atoms with Gasteiger partial charge in [0.2, 0.25) is 0 Å². The summed E-state index contributed by atoms with van der Waals surface area (Å²) in [6.45, 7) is 0. The maximum atomic E-state index is 14.3. The van der Waals surface area contributed by atoms with Crippen LogP contribution in [-0.2, 0) is 0 Å². The fourth-order valence-corrected chi connectivity index (χ4v) is 3.49. The number of hydrogen-bond donors (Lipinski definition) is 3. The number of aromatic nitrogens is 3. The van der Waals surface area contributed by atoms with Crippen molar-refractivity contribution in [2.75, 3.05) is 5.32 Å². The topological polar surface area (TPSA) is 91.2 Å². The Balaban J connectivity index is 1.81. The lowest BCUT2D eigenvalue weighted by molar-refractivity contribution is 0.116. The molecular formula is C19H19FN4O2. The average Bonchev–Trinajstić information content (AvgIpc) is 2.65. The minimum absolute atomic E-state index is 0.0143. The fourth-order valence-electron chi connectivity index (χ4n) is 3.49. The van der Waals surface area contributed by atoms with E-state index in [-0.39, 0.29) is 23.0 Å². The fraction of sp³-hybridized carbons (Fsp3) is 0.316. The molecule has 0 bridgehead atoms. The lowest BCUT2D eigenvalue weighted by Crippen LogP contribution is -2.36. The van der Waals surface area contributed by atoms with Crippen LogP contribution in [0.3, 0.4) is 0 Å². The van der Waals surface area contributed by atoms with E-state index in [0.717, 1.165) is 25.7 Å². The molecule has 7 heteroatoms. The van der Waals surface area contributed by atoms with Gasteiger partial charge in [0.05, 0.1) is 17.7 Å². The number of aromatic hydroxyl groups is 1. The Labute approximate surface area is 149 Å². The second-order valence-electron chi connectivity index (χ2n) is 6.56. The number of fused-ring (bicyclic) bond motifs is 1. The molecule has 0 unspecified atom stereocenters. The molecule has 4 rings (SSSR count). The molecule has 1 aromatic carbocycles. The summed E-state index contributed by atoms with van der Waals surface area (Å²) in [7, 11) is 0. The Morgan fingerprint density at radius 1 is 1.08 bits per heavy atom. The first-order valence-corrected chi connectivity index (χ1v) is 8.68. The molecule has 0 aliphatic heterocycles. The van der Waals surface area contributed by atoms with Gasteiger partial charge < -0.3 is 15.5 Å². The third-order valence-corrected chi connectivity index (χ3v) is 4.86. The van der Waals surface area contributed by atoms with Crippen LogP contribution in [0.1, 0.15) is 25.7 Å². The summed E-state index contributed by atoms with van der Waals surface area (Å²) in [5.41, 5.74) is 0.271. The quantitative estimate of drug-likeness (QED) is 0.669. The molecular weight excluding hydrogens is 335 g/mol. The van der Waals surface area contributed by atoms with Crippen LogP contribution < -0.4 is 5.32 Å². The van der Waals surface area contributed by atoms with Crippen molar-refractivity contribution in [3.63, 3.8) is 0 Å². The standard InChI is InChI=1S/C19H19FN4O2/c20-13-4-3-7-16(26)17(13)18-11-8-9-21-10-12(11)19(24-23-18)22-14-5-1-2-6-15(14)25/h3-4,7-10,14-15,25-26H,1-2,5-6H2,(H,22,24)/t14-,15-/m0/s1. The van der Waals surface area contributed by atoms with Gasteiger partial charge in [-0.05, 0) is 31.0 Å². The van der Waals surface area contributed by atoms with Gasteiger partial charge in [-0.15, -0.1) is 10.2 Å². The van der Waals surface area contributed by atoms with Gasteiger partial charge in [-0.3, -0.25) is 4.98 Å². The number of benzene rings is 1. The number of pyridine rings is 1. The van der Waals surface area contributed by atoms with Crippen molar-refractivity contribution >= 4 is 16.6 Å². The minimum atomic E-state index is -0.569. The summed E-state index contributed by atoms with van der Waals surface area (Å²) in [5, 5.41) is 33.2. The number of aliphatic hydroxyl groups is 1. The van der Waals surface area contributed by atoms with E-state index in [4.69, 9.17) is 0 Å². The third kappa shape index (κ3) is 2.94. The molecule has 134 valence electrons. The number of hydrogen-bond acceptors (Lipinski definition) is 6. The van der Waals surface area contributed by atoms with Gasteiger partial charge in [0, 0.05) is 23.2 Å². The third-order valence-electron chi connectivity index (χ3n) is 4.86. The highest BCUT2D eigenvalue weighted by Gasteiger charge is 2.25. The minimum Gasteiger partial charge on any atom is -0.507 e. The first-order valence-electron chi connectivity index (χ1n) is 8.68. The first-order chi connectivity index (χ1) is 12.6. The van der Waals surface area contributed by atoms with Gasteiger partial charge in [0.15, 0.2) is 5.82 Å². The second kappa shape index (κ2) is 6.84. The lowest BCUT2D eigenvalue weighted by atomic mass is 9.92. The molecule has 6 nitrogen and oxygen atoms in total. The second-order valence-corrected chi connectivity index (χ2v) is 6.56. The summed E-state index contributed by atoms with van der Waals surface area (Å²) >= 11 is 0. The average molecular weight is 354 g/mol. The summed E-state index contributed by atoms with van der Waals surface area (Å²) in [5.74, 6) is -0.264. The van der Waals surface area contributed by atoms with Crippen LogP contribution in [0.25, 0.3) is 22.0 Å². The highest BCUT2D eigenvalue weighted by molar-refractivity contribution is 6.00. The number of rotatable bonds is 3. The smallest absolute Gasteiger partial charge is 0.158 e. The van der Waals surface area contributed by atoms with Crippen molar-refractivity contribution in [2.45, 2.75) is 37.8 Å².